The molecule has 2 N–H and O–H groups in total. The molecule has 8 nitrogen and oxygen atoms in total. The minimum absolute atomic E-state index is 0.00458. The Morgan fingerprint density at radius 1 is 1.14 bits per heavy atom. The molecule has 0 aliphatic carbocycles. The summed E-state index contributed by atoms with van der Waals surface area (Å²) >= 11 is 0. The van der Waals surface area contributed by atoms with Crippen molar-refractivity contribution < 1.29 is 18.0 Å². The second kappa shape index (κ2) is 10.2. The Hall–Kier alpha value is -1.19. The molecule has 168 valence electrons. The Labute approximate surface area is 175 Å². The number of carbonyl (C=O) groups is 2. The Morgan fingerprint density at radius 2 is 1.76 bits per heavy atom. The van der Waals surface area contributed by atoms with Crippen molar-refractivity contribution in [2.45, 2.75) is 71.5 Å². The van der Waals surface area contributed by atoms with Crippen molar-refractivity contribution in [2.75, 3.05) is 32.4 Å². The molecule has 2 atom stereocenters. The highest BCUT2D eigenvalue weighted by molar-refractivity contribution is 7.88. The molecule has 2 aliphatic rings. The molecule has 29 heavy (non-hydrogen) atoms. The third-order valence-corrected chi connectivity index (χ3v) is 6.34. The quantitative estimate of drug-likeness (QED) is 0.593. The van der Waals surface area contributed by atoms with Crippen LogP contribution in [0.3, 0.4) is 0 Å². The Morgan fingerprint density at radius 3 is 2.28 bits per heavy atom. The van der Waals surface area contributed by atoms with Crippen LogP contribution < -0.4 is 10.0 Å². The lowest BCUT2D eigenvalue weighted by Crippen LogP contribution is -2.62. The second-order valence-corrected chi connectivity index (χ2v) is 11.1. The van der Waals surface area contributed by atoms with Crippen LogP contribution in [0.25, 0.3) is 0 Å². The van der Waals surface area contributed by atoms with Gasteiger partial charge in [0.1, 0.15) is 6.04 Å². The molecule has 2 saturated heterocycles. The topological polar surface area (TPSA) is 98.8 Å². The van der Waals surface area contributed by atoms with Crippen molar-refractivity contribution in [1.29, 1.82) is 0 Å². The molecule has 2 aliphatic heterocycles. The molecule has 0 radical (unpaired) electrons. The number of nitrogens with zero attached hydrogens (tertiary/aromatic N) is 2. The first-order chi connectivity index (χ1) is 13.5. The van der Waals surface area contributed by atoms with Crippen LogP contribution in [0.5, 0.6) is 0 Å². The predicted molar refractivity (Wildman–Crippen MR) is 114 cm³/mol. The smallest absolute Gasteiger partial charge is 0.245 e. The van der Waals surface area contributed by atoms with Crippen LogP contribution in [0.2, 0.25) is 0 Å². The summed E-state index contributed by atoms with van der Waals surface area (Å²) in [7, 11) is -3.25. The van der Waals surface area contributed by atoms with Crippen molar-refractivity contribution >= 4 is 21.8 Å². The number of rotatable bonds is 8. The van der Waals surface area contributed by atoms with E-state index in [0.29, 0.717) is 57.3 Å². The van der Waals surface area contributed by atoms with Crippen molar-refractivity contribution in [1.82, 2.24) is 19.8 Å². The standard InChI is InChI=1S/C20H38N4O4S/c1-14(2)12-17-19(25)24(11-8-21-17)18(13-15(3)4)20(26)23-9-6-16(7-10-23)22-29(5,27)28/h14-18,21-22H,6-13H2,1-5H3/t17-,18?/m0/s1. The van der Waals surface area contributed by atoms with Gasteiger partial charge < -0.3 is 15.1 Å². The third kappa shape index (κ3) is 7.22. The summed E-state index contributed by atoms with van der Waals surface area (Å²) < 4.78 is 25.5. The van der Waals surface area contributed by atoms with E-state index in [4.69, 9.17) is 0 Å². The fraction of sp³-hybridized carbons (Fsp3) is 0.900. The minimum Gasteiger partial charge on any atom is -0.341 e. The Balaban J connectivity index is 2.07. The van der Waals surface area contributed by atoms with Crippen LogP contribution in [0.15, 0.2) is 0 Å². The van der Waals surface area contributed by atoms with E-state index in [1.165, 1.54) is 0 Å². The molecule has 0 aromatic heterocycles. The summed E-state index contributed by atoms with van der Waals surface area (Å²) in [6, 6.07) is -0.802. The highest BCUT2D eigenvalue weighted by atomic mass is 32.2. The number of hydrogen-bond acceptors (Lipinski definition) is 5. The lowest BCUT2D eigenvalue weighted by atomic mass is 9.95. The zero-order chi connectivity index (χ0) is 21.8. The number of nitrogens with one attached hydrogen (secondary N) is 2. The van der Waals surface area contributed by atoms with E-state index in [0.717, 1.165) is 12.7 Å². The van der Waals surface area contributed by atoms with Crippen LogP contribution in [0, 0.1) is 11.8 Å². The number of hydrogen-bond donors (Lipinski definition) is 2. The van der Waals surface area contributed by atoms with E-state index < -0.39 is 16.1 Å². The van der Waals surface area contributed by atoms with Crippen LogP contribution in [-0.4, -0.2) is 80.6 Å². The molecular formula is C20H38N4O4S. The highest BCUT2D eigenvalue weighted by Crippen LogP contribution is 2.22. The zero-order valence-corrected chi connectivity index (χ0v) is 19.3. The number of piperazine rings is 1. The molecule has 9 heteroatoms. The van der Waals surface area contributed by atoms with Gasteiger partial charge in [0.05, 0.1) is 12.3 Å². The molecule has 0 bridgehead atoms. The first-order valence-corrected chi connectivity index (χ1v) is 12.7. The van der Waals surface area contributed by atoms with Crippen LogP contribution in [-0.2, 0) is 19.6 Å². The van der Waals surface area contributed by atoms with E-state index in [9.17, 15) is 18.0 Å². The zero-order valence-electron chi connectivity index (χ0n) is 18.5. The van der Waals surface area contributed by atoms with Gasteiger partial charge in [0.15, 0.2) is 0 Å². The normalized spacial score (nSPS) is 23.1. The van der Waals surface area contributed by atoms with Crippen LogP contribution >= 0.6 is 0 Å². The van der Waals surface area contributed by atoms with Crippen LogP contribution in [0.1, 0.15) is 53.4 Å². The molecule has 2 heterocycles. The number of piperidine rings is 1. The average molecular weight is 431 g/mol. The Bertz CT molecular complexity index is 672. The van der Waals surface area contributed by atoms with Crippen LogP contribution in [0.4, 0.5) is 0 Å². The van der Waals surface area contributed by atoms with Gasteiger partial charge in [0.25, 0.3) is 0 Å². The predicted octanol–water partition coefficient (Wildman–Crippen LogP) is 0.788. The van der Waals surface area contributed by atoms with Gasteiger partial charge in [-0.15, -0.1) is 0 Å². The van der Waals surface area contributed by atoms with E-state index in [1.807, 2.05) is 0 Å². The van der Waals surface area contributed by atoms with Gasteiger partial charge >= 0.3 is 0 Å². The number of likely N-dealkylation sites (tertiary alicyclic amines) is 1. The molecule has 0 saturated carbocycles. The maximum absolute atomic E-state index is 13.4. The molecule has 1 unspecified atom stereocenters. The van der Waals surface area contributed by atoms with Gasteiger partial charge in [-0.05, 0) is 37.5 Å². The molecule has 0 aromatic carbocycles. The number of carbonyl (C=O) groups excluding carboxylic acids is 2. The third-order valence-electron chi connectivity index (χ3n) is 5.58. The molecule has 0 spiro atoms. The Kier molecular flexibility index (Phi) is 8.48. The lowest BCUT2D eigenvalue weighted by Gasteiger charge is -2.42. The first-order valence-electron chi connectivity index (χ1n) is 10.8. The summed E-state index contributed by atoms with van der Waals surface area (Å²) in [5.41, 5.74) is 0. The molecular weight excluding hydrogens is 392 g/mol. The summed E-state index contributed by atoms with van der Waals surface area (Å²) in [5.74, 6) is 0.712. The van der Waals surface area contributed by atoms with E-state index >= 15 is 0 Å². The van der Waals surface area contributed by atoms with Gasteiger partial charge in [-0.1, -0.05) is 27.7 Å². The minimum atomic E-state index is -3.25. The maximum Gasteiger partial charge on any atom is 0.245 e. The lowest BCUT2D eigenvalue weighted by molar-refractivity contribution is -0.150. The summed E-state index contributed by atoms with van der Waals surface area (Å²) in [5, 5.41) is 3.30. The van der Waals surface area contributed by atoms with Gasteiger partial charge in [-0.2, -0.15) is 0 Å². The average Bonchev–Trinajstić information content (AvgIpc) is 2.60. The van der Waals surface area contributed by atoms with Gasteiger partial charge in [-0.25, -0.2) is 13.1 Å². The van der Waals surface area contributed by atoms with E-state index in [2.05, 4.69) is 37.7 Å². The second-order valence-electron chi connectivity index (χ2n) is 9.30. The summed E-state index contributed by atoms with van der Waals surface area (Å²) in [6.45, 7) is 10.6. The number of sulfonamides is 1. The van der Waals surface area contributed by atoms with Gasteiger partial charge in [0.2, 0.25) is 21.8 Å². The fourth-order valence-electron chi connectivity index (χ4n) is 4.26. The summed E-state index contributed by atoms with van der Waals surface area (Å²) in [6.07, 6.45) is 3.76. The molecule has 0 aromatic rings. The van der Waals surface area contributed by atoms with E-state index in [-0.39, 0.29) is 23.9 Å². The van der Waals surface area contributed by atoms with Crippen molar-refractivity contribution in [2.24, 2.45) is 11.8 Å². The molecule has 2 amide bonds. The monoisotopic (exact) mass is 430 g/mol. The van der Waals surface area contributed by atoms with Gasteiger partial charge in [-0.3, -0.25) is 9.59 Å². The van der Waals surface area contributed by atoms with E-state index in [1.54, 1.807) is 9.80 Å². The largest absolute Gasteiger partial charge is 0.341 e. The molecule has 2 fully saturated rings. The summed E-state index contributed by atoms with van der Waals surface area (Å²) in [4.78, 5) is 30.1. The fourth-order valence-corrected chi connectivity index (χ4v) is 5.10. The number of amides is 2. The van der Waals surface area contributed by atoms with Crippen molar-refractivity contribution in [3.8, 4) is 0 Å². The van der Waals surface area contributed by atoms with Crippen molar-refractivity contribution in [3.63, 3.8) is 0 Å². The molecule has 2 rings (SSSR count). The first kappa shape index (κ1) is 24.1. The highest BCUT2D eigenvalue weighted by Gasteiger charge is 2.39. The SMILES string of the molecule is CC(C)CC(C(=O)N1CCC(NS(C)(=O)=O)CC1)N1CCN[C@@H](CC(C)C)C1=O. The maximum atomic E-state index is 13.4. The van der Waals surface area contributed by atoms with Gasteiger partial charge in [0, 0.05) is 32.2 Å². The van der Waals surface area contributed by atoms with Crippen molar-refractivity contribution in [3.05, 3.63) is 0 Å².